The van der Waals surface area contributed by atoms with Gasteiger partial charge in [-0.2, -0.15) is 0 Å². The summed E-state index contributed by atoms with van der Waals surface area (Å²) < 4.78 is 28.7. The highest BCUT2D eigenvalue weighted by atomic mass is 32.2. The SMILES string of the molecule is COc1ccc(C)cc1NC(=O)C(CCS(C)(=O)=O)N1C(=O)c2ccccc2C1=O. The molecule has 1 unspecified atom stereocenters. The number of hydrogen-bond acceptors (Lipinski definition) is 6. The van der Waals surface area contributed by atoms with E-state index in [1.165, 1.54) is 19.2 Å². The molecule has 30 heavy (non-hydrogen) atoms. The molecule has 1 atom stereocenters. The Kier molecular flexibility index (Phi) is 5.93. The molecule has 1 N–H and O–H groups in total. The van der Waals surface area contributed by atoms with Crippen molar-refractivity contribution < 1.29 is 27.5 Å². The van der Waals surface area contributed by atoms with E-state index in [1.54, 1.807) is 30.3 Å². The minimum Gasteiger partial charge on any atom is -0.495 e. The molecular weight excluding hydrogens is 408 g/mol. The van der Waals surface area contributed by atoms with Gasteiger partial charge in [0.15, 0.2) is 0 Å². The average molecular weight is 430 g/mol. The fourth-order valence-electron chi connectivity index (χ4n) is 3.33. The minimum absolute atomic E-state index is 0.188. The Bertz CT molecular complexity index is 1090. The third-order valence-electron chi connectivity index (χ3n) is 4.81. The van der Waals surface area contributed by atoms with Crippen LogP contribution in [0.15, 0.2) is 42.5 Å². The van der Waals surface area contributed by atoms with Crippen molar-refractivity contribution in [2.45, 2.75) is 19.4 Å². The molecule has 0 saturated carbocycles. The molecule has 8 nitrogen and oxygen atoms in total. The number of benzene rings is 2. The van der Waals surface area contributed by atoms with E-state index < -0.39 is 33.6 Å². The molecule has 1 heterocycles. The molecule has 2 aromatic rings. The first-order valence-electron chi connectivity index (χ1n) is 9.22. The molecule has 0 bridgehead atoms. The second-order valence-electron chi connectivity index (χ2n) is 7.15. The Balaban J connectivity index is 1.96. The lowest BCUT2D eigenvalue weighted by atomic mass is 10.1. The van der Waals surface area contributed by atoms with E-state index in [2.05, 4.69) is 5.32 Å². The second-order valence-corrected chi connectivity index (χ2v) is 9.41. The summed E-state index contributed by atoms with van der Waals surface area (Å²) in [5, 5.41) is 2.68. The fourth-order valence-corrected chi connectivity index (χ4v) is 3.98. The number of aryl methyl sites for hydroxylation is 1. The predicted octanol–water partition coefficient (Wildman–Crippen LogP) is 2.04. The van der Waals surface area contributed by atoms with Crippen LogP contribution in [0, 0.1) is 6.92 Å². The molecular formula is C21H22N2O6S. The van der Waals surface area contributed by atoms with Crippen LogP contribution in [-0.4, -0.2) is 56.2 Å². The summed E-state index contributed by atoms with van der Waals surface area (Å²) in [5.74, 6) is -1.88. The Hall–Kier alpha value is -3.20. The van der Waals surface area contributed by atoms with E-state index in [0.29, 0.717) is 11.4 Å². The van der Waals surface area contributed by atoms with Crippen molar-refractivity contribution in [3.8, 4) is 5.75 Å². The topological polar surface area (TPSA) is 110 Å². The molecule has 1 aliphatic rings. The first-order valence-corrected chi connectivity index (χ1v) is 11.3. The average Bonchev–Trinajstić information content (AvgIpc) is 2.93. The van der Waals surface area contributed by atoms with Crippen LogP contribution < -0.4 is 10.1 Å². The molecule has 1 aliphatic heterocycles. The van der Waals surface area contributed by atoms with Gasteiger partial charge in [0, 0.05) is 6.26 Å². The summed E-state index contributed by atoms with van der Waals surface area (Å²) in [6, 6.07) is 10.1. The summed E-state index contributed by atoms with van der Waals surface area (Å²) in [5.41, 5.74) is 1.60. The van der Waals surface area contributed by atoms with Crippen LogP contribution in [0.25, 0.3) is 0 Å². The molecule has 9 heteroatoms. The molecule has 0 aromatic heterocycles. The van der Waals surface area contributed by atoms with Gasteiger partial charge in [0.25, 0.3) is 11.8 Å². The van der Waals surface area contributed by atoms with Gasteiger partial charge in [0.1, 0.15) is 21.6 Å². The number of carbonyl (C=O) groups is 3. The maximum Gasteiger partial charge on any atom is 0.262 e. The lowest BCUT2D eigenvalue weighted by molar-refractivity contribution is -0.120. The number of anilines is 1. The number of methoxy groups -OCH3 is 1. The van der Waals surface area contributed by atoms with Crippen LogP contribution in [-0.2, 0) is 14.6 Å². The second kappa shape index (κ2) is 8.27. The van der Waals surface area contributed by atoms with Crippen LogP contribution in [0.2, 0.25) is 0 Å². The van der Waals surface area contributed by atoms with E-state index >= 15 is 0 Å². The van der Waals surface area contributed by atoms with Gasteiger partial charge in [0.2, 0.25) is 5.91 Å². The van der Waals surface area contributed by atoms with Crippen molar-refractivity contribution in [1.29, 1.82) is 0 Å². The maximum atomic E-state index is 13.1. The number of hydrogen-bond donors (Lipinski definition) is 1. The Labute approximate surface area is 174 Å². The minimum atomic E-state index is -3.43. The van der Waals surface area contributed by atoms with E-state index in [1.807, 2.05) is 6.92 Å². The van der Waals surface area contributed by atoms with Crippen LogP contribution in [0.4, 0.5) is 5.69 Å². The van der Waals surface area contributed by atoms with Crippen LogP contribution in [0.1, 0.15) is 32.7 Å². The molecule has 3 amide bonds. The van der Waals surface area contributed by atoms with E-state index in [4.69, 9.17) is 4.74 Å². The van der Waals surface area contributed by atoms with Gasteiger partial charge in [0.05, 0.1) is 29.7 Å². The highest BCUT2D eigenvalue weighted by Crippen LogP contribution is 2.29. The smallest absolute Gasteiger partial charge is 0.262 e. The molecule has 0 fully saturated rings. The molecule has 158 valence electrons. The van der Waals surface area contributed by atoms with Gasteiger partial charge in [-0.25, -0.2) is 8.42 Å². The van der Waals surface area contributed by atoms with Gasteiger partial charge in [-0.15, -0.1) is 0 Å². The van der Waals surface area contributed by atoms with Crippen molar-refractivity contribution in [3.05, 3.63) is 59.2 Å². The number of sulfone groups is 1. The number of nitrogens with zero attached hydrogens (tertiary/aromatic N) is 1. The van der Waals surface area contributed by atoms with Crippen molar-refractivity contribution in [3.63, 3.8) is 0 Å². The summed E-state index contributed by atoms with van der Waals surface area (Å²) in [6.45, 7) is 1.83. The third-order valence-corrected chi connectivity index (χ3v) is 5.79. The van der Waals surface area contributed by atoms with Gasteiger partial charge < -0.3 is 10.1 Å². The number of carbonyl (C=O) groups excluding carboxylic acids is 3. The highest BCUT2D eigenvalue weighted by Gasteiger charge is 2.42. The monoisotopic (exact) mass is 430 g/mol. The lowest BCUT2D eigenvalue weighted by Crippen LogP contribution is -2.48. The summed E-state index contributed by atoms with van der Waals surface area (Å²) in [6.07, 6.45) is 0.818. The maximum absolute atomic E-state index is 13.1. The van der Waals surface area contributed by atoms with E-state index in [0.717, 1.165) is 16.7 Å². The van der Waals surface area contributed by atoms with Crippen LogP contribution >= 0.6 is 0 Å². The lowest BCUT2D eigenvalue weighted by Gasteiger charge is -2.25. The summed E-state index contributed by atoms with van der Waals surface area (Å²) in [4.78, 5) is 39.7. The first kappa shape index (κ1) is 21.5. The van der Waals surface area contributed by atoms with Crippen molar-refractivity contribution in [2.24, 2.45) is 0 Å². The van der Waals surface area contributed by atoms with Gasteiger partial charge in [-0.1, -0.05) is 18.2 Å². The Morgan fingerprint density at radius 1 is 1.10 bits per heavy atom. The van der Waals surface area contributed by atoms with Crippen molar-refractivity contribution in [1.82, 2.24) is 4.90 Å². The number of fused-ring (bicyclic) bond motifs is 1. The van der Waals surface area contributed by atoms with Crippen molar-refractivity contribution in [2.75, 3.05) is 24.4 Å². The Morgan fingerprint density at radius 3 is 2.23 bits per heavy atom. The van der Waals surface area contributed by atoms with Crippen LogP contribution in [0.5, 0.6) is 5.75 Å². The quantitative estimate of drug-likeness (QED) is 0.673. The van der Waals surface area contributed by atoms with Gasteiger partial charge >= 0.3 is 0 Å². The third kappa shape index (κ3) is 4.35. The largest absolute Gasteiger partial charge is 0.495 e. The highest BCUT2D eigenvalue weighted by molar-refractivity contribution is 7.90. The summed E-state index contributed by atoms with van der Waals surface area (Å²) in [7, 11) is -1.98. The summed E-state index contributed by atoms with van der Waals surface area (Å²) >= 11 is 0. The number of amides is 3. The standard InChI is InChI=1S/C21H22N2O6S/c1-13-8-9-18(29-2)16(12-13)22-19(24)17(10-11-30(3,27)28)23-20(25)14-6-4-5-7-15(14)21(23)26/h4-9,12,17H,10-11H2,1-3H3,(H,22,24). The molecule has 3 rings (SSSR count). The number of rotatable bonds is 7. The molecule has 2 aromatic carbocycles. The van der Waals surface area contributed by atoms with Crippen LogP contribution in [0.3, 0.4) is 0 Å². The predicted molar refractivity (Wildman–Crippen MR) is 111 cm³/mol. The van der Waals surface area contributed by atoms with E-state index in [-0.39, 0.29) is 23.3 Å². The van der Waals surface area contributed by atoms with Gasteiger partial charge in [-0.05, 0) is 43.2 Å². The normalized spacial score (nSPS) is 14.4. The number of ether oxygens (including phenoxy) is 1. The zero-order valence-electron chi connectivity index (χ0n) is 16.8. The van der Waals surface area contributed by atoms with Gasteiger partial charge in [-0.3, -0.25) is 19.3 Å². The van der Waals surface area contributed by atoms with Crippen molar-refractivity contribution >= 4 is 33.2 Å². The first-order chi connectivity index (χ1) is 14.1. The van der Waals surface area contributed by atoms with E-state index in [9.17, 15) is 22.8 Å². The zero-order valence-corrected chi connectivity index (χ0v) is 17.7. The fraction of sp³-hybridized carbons (Fsp3) is 0.286. The molecule has 0 spiro atoms. The Morgan fingerprint density at radius 2 is 1.70 bits per heavy atom. The molecule has 0 radical (unpaired) electrons. The zero-order chi connectivity index (χ0) is 22.1. The molecule has 0 saturated heterocycles. The number of imide groups is 1. The molecule has 0 aliphatic carbocycles. The number of nitrogens with one attached hydrogen (secondary N) is 1.